The average Bonchev–Trinajstić information content (AvgIpc) is 2.79. The maximum atomic E-state index is 11.9. The molecule has 1 aromatic heterocycles. The topological polar surface area (TPSA) is 59.8 Å². The van der Waals surface area contributed by atoms with Crippen molar-refractivity contribution in [2.24, 2.45) is 0 Å². The van der Waals surface area contributed by atoms with Crippen LogP contribution in [0.2, 0.25) is 0 Å². The summed E-state index contributed by atoms with van der Waals surface area (Å²) in [5.41, 5.74) is 2.33. The Balaban J connectivity index is 2.12. The molecule has 0 spiro atoms. The molecule has 1 heterocycles. The van der Waals surface area contributed by atoms with Gasteiger partial charge in [-0.2, -0.15) is 0 Å². The Kier molecular flexibility index (Phi) is 4.28. The van der Waals surface area contributed by atoms with Crippen molar-refractivity contribution in [3.63, 3.8) is 0 Å². The van der Waals surface area contributed by atoms with Crippen molar-refractivity contribution in [2.75, 3.05) is 6.54 Å². The molecule has 0 aliphatic carbocycles. The van der Waals surface area contributed by atoms with Gasteiger partial charge in [0.05, 0.1) is 12.2 Å². The van der Waals surface area contributed by atoms with Gasteiger partial charge >= 0.3 is 0 Å². The third-order valence-corrected chi connectivity index (χ3v) is 2.91. The van der Waals surface area contributed by atoms with Crippen LogP contribution in [0.4, 0.5) is 0 Å². The Morgan fingerprint density at radius 1 is 1.32 bits per heavy atom. The van der Waals surface area contributed by atoms with Crippen molar-refractivity contribution < 1.29 is 4.79 Å². The number of carbonyl (C=O) groups excluding carboxylic acids is 1. The number of benzene rings is 1. The first-order valence-corrected chi connectivity index (χ1v) is 6.44. The highest BCUT2D eigenvalue weighted by Crippen LogP contribution is 2.07. The maximum Gasteiger partial charge on any atom is 0.273 e. The van der Waals surface area contributed by atoms with Crippen LogP contribution in [0, 0.1) is 6.92 Å². The Hall–Kier alpha value is -2.17. The van der Waals surface area contributed by atoms with E-state index in [9.17, 15) is 4.79 Å². The summed E-state index contributed by atoms with van der Waals surface area (Å²) in [5.74, 6) is -0.154. The van der Waals surface area contributed by atoms with Crippen molar-refractivity contribution in [1.82, 2.24) is 20.3 Å². The van der Waals surface area contributed by atoms with Crippen LogP contribution in [0.3, 0.4) is 0 Å². The Morgan fingerprint density at radius 3 is 2.74 bits per heavy atom. The summed E-state index contributed by atoms with van der Waals surface area (Å²) in [4.78, 5) is 11.9. The summed E-state index contributed by atoms with van der Waals surface area (Å²) in [7, 11) is 0. The second-order valence-corrected chi connectivity index (χ2v) is 4.42. The molecule has 5 nitrogen and oxygen atoms in total. The third kappa shape index (κ3) is 3.19. The van der Waals surface area contributed by atoms with E-state index in [1.54, 1.807) is 4.68 Å². The summed E-state index contributed by atoms with van der Waals surface area (Å²) < 4.78 is 1.75. The summed E-state index contributed by atoms with van der Waals surface area (Å²) in [6.45, 7) is 5.16. The van der Waals surface area contributed by atoms with E-state index in [1.165, 1.54) is 0 Å². The predicted octanol–water partition coefficient (Wildman–Crippen LogP) is 1.77. The standard InChI is InChI=1S/C14H18N4O/c1-3-9-15-14(19)13-11(2)18(17-16-13)10-12-7-5-4-6-8-12/h4-8H,3,9-10H2,1-2H3,(H,15,19). The smallest absolute Gasteiger partial charge is 0.273 e. The van der Waals surface area contributed by atoms with Gasteiger partial charge in [0.2, 0.25) is 0 Å². The second-order valence-electron chi connectivity index (χ2n) is 4.42. The molecule has 1 amide bonds. The molecular weight excluding hydrogens is 240 g/mol. The normalized spacial score (nSPS) is 10.4. The van der Waals surface area contributed by atoms with Gasteiger partial charge in [0.15, 0.2) is 5.69 Å². The van der Waals surface area contributed by atoms with E-state index in [4.69, 9.17) is 0 Å². The highest BCUT2D eigenvalue weighted by Gasteiger charge is 2.15. The third-order valence-electron chi connectivity index (χ3n) is 2.91. The fourth-order valence-electron chi connectivity index (χ4n) is 1.80. The summed E-state index contributed by atoms with van der Waals surface area (Å²) in [6, 6.07) is 9.99. The lowest BCUT2D eigenvalue weighted by molar-refractivity contribution is 0.0948. The van der Waals surface area contributed by atoms with Gasteiger partial charge in [-0.1, -0.05) is 42.5 Å². The largest absolute Gasteiger partial charge is 0.351 e. The van der Waals surface area contributed by atoms with Crippen LogP contribution in [0.5, 0.6) is 0 Å². The molecule has 0 aliphatic rings. The van der Waals surface area contributed by atoms with Gasteiger partial charge in [-0.15, -0.1) is 5.10 Å². The minimum Gasteiger partial charge on any atom is -0.351 e. The molecule has 1 aromatic carbocycles. The van der Waals surface area contributed by atoms with Crippen molar-refractivity contribution in [3.05, 3.63) is 47.3 Å². The number of rotatable bonds is 5. The second kappa shape index (κ2) is 6.13. The summed E-state index contributed by atoms with van der Waals surface area (Å²) in [5, 5.41) is 10.8. The fourth-order valence-corrected chi connectivity index (χ4v) is 1.80. The summed E-state index contributed by atoms with van der Waals surface area (Å²) >= 11 is 0. The van der Waals surface area contributed by atoms with E-state index in [0.717, 1.165) is 17.7 Å². The lowest BCUT2D eigenvalue weighted by Crippen LogP contribution is -2.25. The molecule has 0 saturated carbocycles. The summed E-state index contributed by atoms with van der Waals surface area (Å²) in [6.07, 6.45) is 0.906. The Labute approximate surface area is 112 Å². The molecule has 0 fully saturated rings. The lowest BCUT2D eigenvalue weighted by Gasteiger charge is -2.04. The zero-order chi connectivity index (χ0) is 13.7. The van der Waals surface area contributed by atoms with E-state index in [-0.39, 0.29) is 5.91 Å². The van der Waals surface area contributed by atoms with Gasteiger partial charge in [0, 0.05) is 6.54 Å². The van der Waals surface area contributed by atoms with E-state index >= 15 is 0 Å². The lowest BCUT2D eigenvalue weighted by atomic mass is 10.2. The molecule has 1 N–H and O–H groups in total. The van der Waals surface area contributed by atoms with Gasteiger partial charge in [0.1, 0.15) is 0 Å². The van der Waals surface area contributed by atoms with Crippen molar-refractivity contribution in [2.45, 2.75) is 26.8 Å². The molecule has 0 bridgehead atoms. The molecule has 0 atom stereocenters. The van der Waals surface area contributed by atoms with Gasteiger partial charge in [-0.25, -0.2) is 4.68 Å². The molecule has 0 aliphatic heterocycles. The average molecular weight is 258 g/mol. The number of hydrogen-bond donors (Lipinski definition) is 1. The minimum atomic E-state index is -0.154. The van der Waals surface area contributed by atoms with E-state index in [1.807, 2.05) is 44.2 Å². The molecular formula is C14H18N4O. The molecule has 19 heavy (non-hydrogen) atoms. The van der Waals surface area contributed by atoms with Crippen molar-refractivity contribution in [3.8, 4) is 0 Å². The number of nitrogens with zero attached hydrogens (tertiary/aromatic N) is 3. The molecule has 0 saturated heterocycles. The van der Waals surface area contributed by atoms with Crippen LogP contribution in [-0.2, 0) is 6.54 Å². The van der Waals surface area contributed by atoms with Crippen LogP contribution >= 0.6 is 0 Å². The molecule has 0 unspecified atom stereocenters. The van der Waals surface area contributed by atoms with Gasteiger partial charge < -0.3 is 5.32 Å². The van der Waals surface area contributed by atoms with Crippen LogP contribution < -0.4 is 5.32 Å². The SMILES string of the molecule is CCCNC(=O)c1nnn(Cc2ccccc2)c1C. The maximum absolute atomic E-state index is 11.9. The van der Waals surface area contributed by atoms with Crippen molar-refractivity contribution in [1.29, 1.82) is 0 Å². The molecule has 2 rings (SSSR count). The highest BCUT2D eigenvalue weighted by molar-refractivity contribution is 5.93. The first-order chi connectivity index (χ1) is 9.22. The Morgan fingerprint density at radius 2 is 2.05 bits per heavy atom. The first-order valence-electron chi connectivity index (χ1n) is 6.44. The van der Waals surface area contributed by atoms with Gasteiger partial charge in [-0.3, -0.25) is 4.79 Å². The van der Waals surface area contributed by atoms with Crippen LogP contribution in [0.25, 0.3) is 0 Å². The highest BCUT2D eigenvalue weighted by atomic mass is 16.2. The number of amides is 1. The van der Waals surface area contributed by atoms with E-state index < -0.39 is 0 Å². The molecule has 0 radical (unpaired) electrons. The Bertz CT molecular complexity index is 548. The van der Waals surface area contributed by atoms with E-state index in [2.05, 4.69) is 15.6 Å². The predicted molar refractivity (Wildman–Crippen MR) is 72.9 cm³/mol. The number of nitrogens with one attached hydrogen (secondary N) is 1. The molecule has 2 aromatic rings. The van der Waals surface area contributed by atoms with Crippen LogP contribution in [0.1, 0.15) is 35.1 Å². The van der Waals surface area contributed by atoms with Crippen molar-refractivity contribution >= 4 is 5.91 Å². The number of carbonyl (C=O) groups is 1. The fraction of sp³-hybridized carbons (Fsp3) is 0.357. The van der Waals surface area contributed by atoms with Crippen LogP contribution in [-0.4, -0.2) is 27.4 Å². The monoisotopic (exact) mass is 258 g/mol. The quantitative estimate of drug-likeness (QED) is 0.889. The number of hydrogen-bond acceptors (Lipinski definition) is 3. The molecule has 100 valence electrons. The first kappa shape index (κ1) is 13.3. The van der Waals surface area contributed by atoms with Crippen LogP contribution in [0.15, 0.2) is 30.3 Å². The zero-order valence-corrected chi connectivity index (χ0v) is 11.3. The van der Waals surface area contributed by atoms with Gasteiger partial charge in [-0.05, 0) is 18.9 Å². The number of aromatic nitrogens is 3. The zero-order valence-electron chi connectivity index (χ0n) is 11.3. The van der Waals surface area contributed by atoms with Gasteiger partial charge in [0.25, 0.3) is 5.91 Å². The molecule has 5 heteroatoms. The van der Waals surface area contributed by atoms with E-state index in [0.29, 0.717) is 18.8 Å². The minimum absolute atomic E-state index is 0.154.